The molecule has 3 heterocycles. The fourth-order valence-corrected chi connectivity index (χ4v) is 3.11. The molecule has 0 spiro atoms. The molecule has 140 valence electrons. The van der Waals surface area contributed by atoms with Crippen LogP contribution in [0, 0.1) is 13.8 Å². The van der Waals surface area contributed by atoms with E-state index in [9.17, 15) is 4.79 Å². The molecule has 4 rings (SSSR count). The van der Waals surface area contributed by atoms with Crippen molar-refractivity contribution in [2.75, 3.05) is 37.7 Å². The minimum Gasteiger partial charge on any atom is -0.484 e. The highest BCUT2D eigenvalue weighted by molar-refractivity contribution is 5.78. The molecule has 8 heteroatoms. The van der Waals surface area contributed by atoms with Gasteiger partial charge in [0.05, 0.1) is 0 Å². The molecule has 1 aliphatic heterocycles. The van der Waals surface area contributed by atoms with E-state index in [1.54, 1.807) is 10.8 Å². The second kappa shape index (κ2) is 7.22. The first-order chi connectivity index (χ1) is 13.1. The molecule has 2 aromatic heterocycles. The van der Waals surface area contributed by atoms with Crippen molar-refractivity contribution >= 4 is 17.4 Å². The van der Waals surface area contributed by atoms with Gasteiger partial charge in [-0.1, -0.05) is 6.07 Å². The molecule has 0 unspecified atom stereocenters. The molecule has 8 nitrogen and oxygen atoms in total. The molecule has 1 aliphatic rings. The first-order valence-electron chi connectivity index (χ1n) is 9.00. The van der Waals surface area contributed by atoms with E-state index in [1.165, 1.54) is 5.56 Å². The average Bonchev–Trinajstić information content (AvgIpc) is 3.16. The lowest BCUT2D eigenvalue weighted by atomic mass is 10.1. The van der Waals surface area contributed by atoms with Crippen molar-refractivity contribution in [1.29, 1.82) is 0 Å². The molecule has 0 saturated carbocycles. The predicted molar refractivity (Wildman–Crippen MR) is 101 cm³/mol. The number of rotatable bonds is 4. The van der Waals surface area contributed by atoms with Gasteiger partial charge in [0.1, 0.15) is 17.9 Å². The lowest BCUT2D eigenvalue weighted by Gasteiger charge is -2.35. The minimum absolute atomic E-state index is 0.00935. The van der Waals surface area contributed by atoms with Crippen molar-refractivity contribution in [3.8, 4) is 5.75 Å². The summed E-state index contributed by atoms with van der Waals surface area (Å²) in [6.07, 6.45) is 1.59. The quantitative estimate of drug-likeness (QED) is 0.696. The molecule has 1 fully saturated rings. The van der Waals surface area contributed by atoms with Gasteiger partial charge in [-0.15, -0.1) is 15.3 Å². The maximum atomic E-state index is 12.5. The highest BCUT2D eigenvalue weighted by atomic mass is 16.5. The number of amides is 1. The monoisotopic (exact) mass is 366 g/mol. The van der Waals surface area contributed by atoms with Crippen LogP contribution in [0.5, 0.6) is 5.75 Å². The third kappa shape index (κ3) is 3.69. The highest BCUT2D eigenvalue weighted by Crippen LogP contribution is 2.17. The first-order valence-corrected chi connectivity index (χ1v) is 9.00. The van der Waals surface area contributed by atoms with Crippen LogP contribution >= 0.6 is 0 Å². The minimum atomic E-state index is 0.00935. The number of carbonyl (C=O) groups is 1. The number of aryl methyl sites for hydroxylation is 2. The summed E-state index contributed by atoms with van der Waals surface area (Å²) in [4.78, 5) is 16.5. The topological polar surface area (TPSA) is 75.9 Å². The van der Waals surface area contributed by atoms with Crippen molar-refractivity contribution in [2.24, 2.45) is 0 Å². The summed E-state index contributed by atoms with van der Waals surface area (Å²) >= 11 is 0. The molecular weight excluding hydrogens is 344 g/mol. The molecular formula is C19H22N6O2. The van der Waals surface area contributed by atoms with Crippen LogP contribution in [0.1, 0.15) is 11.1 Å². The second-order valence-electron chi connectivity index (χ2n) is 6.73. The van der Waals surface area contributed by atoms with Gasteiger partial charge in [0, 0.05) is 26.2 Å². The standard InChI is InChI=1S/C19H22N6O2/c1-14-3-4-16(11-15(14)2)27-12-19(26)24-9-7-23(8-10-24)18-6-5-17-21-20-13-25(17)22-18/h3-6,11,13H,7-10,12H2,1-2H3. The van der Waals surface area contributed by atoms with Crippen LogP contribution < -0.4 is 9.64 Å². The van der Waals surface area contributed by atoms with E-state index in [2.05, 4.69) is 27.1 Å². The van der Waals surface area contributed by atoms with Crippen LogP contribution in [0.4, 0.5) is 5.82 Å². The number of ether oxygens (including phenoxy) is 1. The maximum Gasteiger partial charge on any atom is 0.260 e. The van der Waals surface area contributed by atoms with Crippen molar-refractivity contribution in [1.82, 2.24) is 24.7 Å². The summed E-state index contributed by atoms with van der Waals surface area (Å²) < 4.78 is 7.33. The zero-order valence-electron chi connectivity index (χ0n) is 15.5. The summed E-state index contributed by atoms with van der Waals surface area (Å²) in [6.45, 7) is 6.92. The van der Waals surface area contributed by atoms with E-state index in [0.29, 0.717) is 13.1 Å². The lowest BCUT2D eigenvalue weighted by Crippen LogP contribution is -2.50. The van der Waals surface area contributed by atoms with Gasteiger partial charge >= 0.3 is 0 Å². The molecule has 0 radical (unpaired) electrons. The Hall–Kier alpha value is -3.16. The van der Waals surface area contributed by atoms with Gasteiger partial charge in [0.25, 0.3) is 5.91 Å². The van der Waals surface area contributed by atoms with E-state index >= 15 is 0 Å². The van der Waals surface area contributed by atoms with Gasteiger partial charge in [0.15, 0.2) is 12.3 Å². The Labute approximate surface area is 157 Å². The highest BCUT2D eigenvalue weighted by Gasteiger charge is 2.22. The fourth-order valence-electron chi connectivity index (χ4n) is 3.11. The van der Waals surface area contributed by atoms with Crippen molar-refractivity contribution in [3.05, 3.63) is 47.8 Å². The van der Waals surface area contributed by atoms with E-state index < -0.39 is 0 Å². The second-order valence-corrected chi connectivity index (χ2v) is 6.73. The largest absolute Gasteiger partial charge is 0.484 e. The fraction of sp³-hybridized carbons (Fsp3) is 0.368. The molecule has 1 saturated heterocycles. The van der Waals surface area contributed by atoms with E-state index in [1.807, 2.05) is 42.2 Å². The van der Waals surface area contributed by atoms with Crippen LogP contribution in [0.2, 0.25) is 0 Å². The van der Waals surface area contributed by atoms with E-state index in [0.717, 1.165) is 35.9 Å². The third-order valence-electron chi connectivity index (χ3n) is 4.94. The maximum absolute atomic E-state index is 12.5. The van der Waals surface area contributed by atoms with Crippen LogP contribution in [0.15, 0.2) is 36.7 Å². The van der Waals surface area contributed by atoms with Gasteiger partial charge in [-0.3, -0.25) is 4.79 Å². The molecule has 3 aromatic rings. The van der Waals surface area contributed by atoms with E-state index in [4.69, 9.17) is 4.74 Å². The molecule has 0 aliphatic carbocycles. The normalized spacial score (nSPS) is 14.6. The Bertz CT molecular complexity index is 962. The van der Waals surface area contributed by atoms with Crippen LogP contribution in [-0.2, 0) is 4.79 Å². The summed E-state index contributed by atoms with van der Waals surface area (Å²) in [7, 11) is 0. The molecule has 0 atom stereocenters. The van der Waals surface area contributed by atoms with Crippen molar-refractivity contribution in [3.63, 3.8) is 0 Å². The number of hydrogen-bond donors (Lipinski definition) is 0. The molecule has 27 heavy (non-hydrogen) atoms. The number of hydrogen-bond acceptors (Lipinski definition) is 6. The first kappa shape index (κ1) is 17.3. The Kier molecular flexibility index (Phi) is 4.62. The Morgan fingerprint density at radius 2 is 1.89 bits per heavy atom. The zero-order chi connectivity index (χ0) is 18.8. The number of nitrogens with zero attached hydrogens (tertiary/aromatic N) is 6. The predicted octanol–water partition coefficient (Wildman–Crippen LogP) is 1.47. The molecule has 1 aromatic carbocycles. The Balaban J connectivity index is 1.31. The number of aromatic nitrogens is 4. The summed E-state index contributed by atoms with van der Waals surface area (Å²) in [5.74, 6) is 1.60. The zero-order valence-corrected chi connectivity index (χ0v) is 15.5. The smallest absolute Gasteiger partial charge is 0.260 e. The van der Waals surface area contributed by atoms with E-state index in [-0.39, 0.29) is 12.5 Å². The summed E-state index contributed by atoms with van der Waals surface area (Å²) in [5, 5.41) is 12.3. The number of benzene rings is 1. The number of anilines is 1. The van der Waals surface area contributed by atoms with Gasteiger partial charge in [-0.2, -0.15) is 4.52 Å². The van der Waals surface area contributed by atoms with Crippen LogP contribution in [-0.4, -0.2) is 63.4 Å². The number of carbonyl (C=O) groups excluding carboxylic acids is 1. The molecule has 1 amide bonds. The SMILES string of the molecule is Cc1ccc(OCC(=O)N2CCN(c3ccc4nncn4n3)CC2)cc1C. The molecule has 0 bridgehead atoms. The van der Waals surface area contributed by atoms with Gasteiger partial charge in [-0.25, -0.2) is 0 Å². The number of piperazine rings is 1. The molecule has 0 N–H and O–H groups in total. The average molecular weight is 366 g/mol. The summed E-state index contributed by atoms with van der Waals surface area (Å²) in [6, 6.07) is 9.70. The van der Waals surface area contributed by atoms with Crippen molar-refractivity contribution < 1.29 is 9.53 Å². The van der Waals surface area contributed by atoms with Crippen molar-refractivity contribution in [2.45, 2.75) is 13.8 Å². The third-order valence-corrected chi connectivity index (χ3v) is 4.94. The van der Waals surface area contributed by atoms with Gasteiger partial charge < -0.3 is 14.5 Å². The Morgan fingerprint density at radius 1 is 1.07 bits per heavy atom. The van der Waals surface area contributed by atoms with Gasteiger partial charge in [-0.05, 0) is 49.2 Å². The van der Waals surface area contributed by atoms with Crippen LogP contribution in [0.25, 0.3) is 5.65 Å². The van der Waals surface area contributed by atoms with Gasteiger partial charge in [0.2, 0.25) is 0 Å². The number of fused-ring (bicyclic) bond motifs is 1. The van der Waals surface area contributed by atoms with Crippen LogP contribution in [0.3, 0.4) is 0 Å². The Morgan fingerprint density at radius 3 is 2.67 bits per heavy atom. The lowest BCUT2D eigenvalue weighted by molar-refractivity contribution is -0.133. The summed E-state index contributed by atoms with van der Waals surface area (Å²) in [5.41, 5.74) is 3.09.